The van der Waals surface area contributed by atoms with Crippen LogP contribution in [0.15, 0.2) is 71.3 Å². The van der Waals surface area contributed by atoms with E-state index < -0.39 is 6.17 Å². The first-order valence-corrected chi connectivity index (χ1v) is 12.8. The second kappa shape index (κ2) is 10.7. The van der Waals surface area contributed by atoms with Gasteiger partial charge >= 0.3 is 0 Å². The number of benzene rings is 2. The Morgan fingerprint density at radius 1 is 1.19 bits per heavy atom. The Bertz CT molecular complexity index is 1300. The predicted molar refractivity (Wildman–Crippen MR) is 141 cm³/mol. The average Bonchev–Trinajstić information content (AvgIpc) is 3.71. The SMILES string of the molecule is CC(=O)c1ccc(OCC2CCC(Cc3cccc(C([NH-])/N=N\N)c3)C3CC23)c(-c2cccnc2)c1O. The van der Waals surface area contributed by atoms with Crippen LogP contribution in [0.25, 0.3) is 16.9 Å². The molecular weight excluding hydrogens is 466 g/mol. The fourth-order valence-electron chi connectivity index (χ4n) is 5.93. The summed E-state index contributed by atoms with van der Waals surface area (Å²) >= 11 is 0. The number of ketones is 1. The minimum absolute atomic E-state index is 0.0592. The van der Waals surface area contributed by atoms with Gasteiger partial charge in [0.1, 0.15) is 11.5 Å². The second-order valence-corrected chi connectivity index (χ2v) is 10.2. The third kappa shape index (κ3) is 5.34. The first-order valence-electron chi connectivity index (χ1n) is 12.8. The first kappa shape index (κ1) is 24.9. The Hall–Kier alpha value is -3.78. The summed E-state index contributed by atoms with van der Waals surface area (Å²) in [7, 11) is 0. The van der Waals surface area contributed by atoms with Crippen LogP contribution >= 0.6 is 0 Å². The van der Waals surface area contributed by atoms with Crippen molar-refractivity contribution in [2.45, 2.75) is 38.8 Å². The van der Waals surface area contributed by atoms with Crippen LogP contribution < -0.4 is 10.6 Å². The largest absolute Gasteiger partial charge is 0.650 e. The van der Waals surface area contributed by atoms with E-state index in [1.165, 1.54) is 18.9 Å². The van der Waals surface area contributed by atoms with Gasteiger partial charge in [-0.25, -0.2) is 0 Å². The van der Waals surface area contributed by atoms with Gasteiger partial charge in [-0.2, -0.15) is 5.11 Å². The molecule has 4 N–H and O–H groups in total. The molecule has 5 atom stereocenters. The lowest BCUT2D eigenvalue weighted by molar-refractivity contribution is 0.101. The Morgan fingerprint density at radius 2 is 2.00 bits per heavy atom. The van der Waals surface area contributed by atoms with Crippen LogP contribution in [0.2, 0.25) is 0 Å². The van der Waals surface area contributed by atoms with Crippen molar-refractivity contribution in [1.29, 1.82) is 0 Å². The summed E-state index contributed by atoms with van der Waals surface area (Å²) in [5.74, 6) is 7.86. The fraction of sp³-hybridized carbons (Fsp3) is 0.379. The number of phenols is 1. The lowest BCUT2D eigenvalue weighted by atomic mass is 9.79. The molecular formula is C29H32N5O3-. The molecule has 0 amide bonds. The van der Waals surface area contributed by atoms with Gasteiger partial charge in [0.05, 0.1) is 17.7 Å². The number of hydrogen-bond donors (Lipinski definition) is 2. The number of fused-ring (bicyclic) bond motifs is 1. The Labute approximate surface area is 216 Å². The Balaban J connectivity index is 1.24. The van der Waals surface area contributed by atoms with Gasteiger partial charge in [0.2, 0.25) is 0 Å². The molecule has 0 aliphatic heterocycles. The number of aromatic hydroxyl groups is 1. The zero-order valence-electron chi connectivity index (χ0n) is 20.9. The number of phenolic OH excluding ortho intramolecular Hbond substituents is 1. The summed E-state index contributed by atoms with van der Waals surface area (Å²) in [5.41, 5.74) is 11.6. The van der Waals surface area contributed by atoms with Gasteiger partial charge in [-0.1, -0.05) is 35.6 Å². The van der Waals surface area contributed by atoms with Crippen LogP contribution in [0.1, 0.15) is 53.8 Å². The number of Topliss-reactive ketones (excluding diaryl/α,β-unsaturated/α-hetero) is 1. The van der Waals surface area contributed by atoms with Crippen LogP contribution in [0, 0.1) is 23.7 Å². The molecule has 8 heteroatoms. The molecule has 5 unspecified atom stereocenters. The number of nitrogens with one attached hydrogen (secondary N) is 1. The maximum absolute atomic E-state index is 12.0. The van der Waals surface area contributed by atoms with Crippen LogP contribution in [0.5, 0.6) is 11.5 Å². The highest BCUT2D eigenvalue weighted by Gasteiger charge is 2.50. The Morgan fingerprint density at radius 3 is 2.76 bits per heavy atom. The minimum Gasteiger partial charge on any atom is -0.650 e. The second-order valence-electron chi connectivity index (χ2n) is 10.2. The van der Waals surface area contributed by atoms with Crippen molar-refractivity contribution in [3.05, 3.63) is 83.3 Å². The van der Waals surface area contributed by atoms with Gasteiger partial charge in [-0.05, 0) is 85.6 Å². The van der Waals surface area contributed by atoms with Gasteiger partial charge in [0.25, 0.3) is 0 Å². The summed E-state index contributed by atoms with van der Waals surface area (Å²) in [4.78, 5) is 16.2. The first-order chi connectivity index (χ1) is 18.0. The summed E-state index contributed by atoms with van der Waals surface area (Å²) in [6.07, 6.45) is 7.00. The van der Waals surface area contributed by atoms with Gasteiger partial charge in [-0.3, -0.25) is 9.78 Å². The summed E-state index contributed by atoms with van der Waals surface area (Å²) in [6.45, 7) is 2.03. The molecule has 5 rings (SSSR count). The maximum atomic E-state index is 12.0. The number of nitrogens with zero attached hydrogens (tertiary/aromatic N) is 3. The monoisotopic (exact) mass is 498 g/mol. The van der Waals surface area contributed by atoms with E-state index >= 15 is 0 Å². The fourth-order valence-corrected chi connectivity index (χ4v) is 5.93. The molecule has 2 fully saturated rings. The third-order valence-corrected chi connectivity index (χ3v) is 7.88. The molecule has 2 saturated carbocycles. The summed E-state index contributed by atoms with van der Waals surface area (Å²) in [5, 5.41) is 17.9. The minimum atomic E-state index is -0.785. The van der Waals surface area contributed by atoms with E-state index in [0.717, 1.165) is 30.4 Å². The molecule has 2 aromatic carbocycles. The molecule has 1 aromatic heterocycles. The highest BCUT2D eigenvalue weighted by Crippen LogP contribution is 2.56. The zero-order chi connectivity index (χ0) is 25.9. The molecule has 8 nitrogen and oxygen atoms in total. The van der Waals surface area contributed by atoms with Crippen LogP contribution in [-0.4, -0.2) is 22.5 Å². The molecule has 2 aliphatic carbocycles. The van der Waals surface area contributed by atoms with Crippen molar-refractivity contribution in [3.63, 3.8) is 0 Å². The van der Waals surface area contributed by atoms with Crippen molar-refractivity contribution in [2.75, 3.05) is 6.61 Å². The van der Waals surface area contributed by atoms with Crippen LogP contribution in [-0.2, 0) is 6.42 Å². The summed E-state index contributed by atoms with van der Waals surface area (Å²) in [6, 6.07) is 15.1. The van der Waals surface area contributed by atoms with Crippen molar-refractivity contribution >= 4 is 5.78 Å². The summed E-state index contributed by atoms with van der Waals surface area (Å²) < 4.78 is 6.31. The number of rotatable bonds is 9. The molecule has 37 heavy (non-hydrogen) atoms. The molecule has 0 spiro atoms. The van der Waals surface area contributed by atoms with E-state index in [-0.39, 0.29) is 17.1 Å². The lowest BCUT2D eigenvalue weighted by Crippen LogP contribution is -2.24. The number of pyridine rings is 1. The van der Waals surface area contributed by atoms with Gasteiger partial charge in [0, 0.05) is 24.1 Å². The standard InChI is InChI=1S/C29H32N5O3/c1-17(35)23-9-10-26(27(28(23)36)21-6-3-11-32-15-21)37-16-22-8-7-19(24-14-25(22)24)12-18-4-2-5-20(13-18)29(30)33-34-31/h2-6,9-11,13,15,19,22,24-25,29-30,36H,7-8,12,14,16H2,1H3,(H2,31,33)/q-1. The van der Waals surface area contributed by atoms with Gasteiger partial charge < -0.3 is 21.4 Å². The third-order valence-electron chi connectivity index (χ3n) is 7.88. The van der Waals surface area contributed by atoms with E-state index in [1.807, 2.05) is 18.2 Å². The molecule has 192 valence electrons. The Kier molecular flexibility index (Phi) is 7.19. The molecule has 0 saturated heterocycles. The van der Waals surface area contributed by atoms with Crippen molar-refractivity contribution in [2.24, 2.45) is 39.9 Å². The van der Waals surface area contributed by atoms with E-state index in [1.54, 1.807) is 30.6 Å². The van der Waals surface area contributed by atoms with E-state index in [2.05, 4.69) is 27.5 Å². The average molecular weight is 499 g/mol. The molecule has 3 aromatic rings. The number of nitrogens with two attached hydrogens (primary N) is 1. The number of aromatic nitrogens is 1. The van der Waals surface area contributed by atoms with Crippen LogP contribution in [0.4, 0.5) is 0 Å². The topological polar surface area (TPSA) is 134 Å². The predicted octanol–water partition coefficient (Wildman–Crippen LogP) is 6.32. The maximum Gasteiger partial charge on any atom is 0.163 e. The van der Waals surface area contributed by atoms with Gasteiger partial charge in [0.15, 0.2) is 5.78 Å². The number of carbonyl (C=O) groups excluding carboxylic acids is 1. The van der Waals surface area contributed by atoms with Crippen molar-refractivity contribution in [3.8, 4) is 22.6 Å². The zero-order valence-corrected chi connectivity index (χ0v) is 20.9. The highest BCUT2D eigenvalue weighted by atomic mass is 16.5. The molecule has 0 bridgehead atoms. The van der Waals surface area contributed by atoms with Crippen molar-refractivity contribution < 1.29 is 14.6 Å². The highest BCUT2D eigenvalue weighted by molar-refractivity contribution is 6.00. The number of ether oxygens (including phenoxy) is 1. The molecule has 1 heterocycles. The number of hydrogen-bond acceptors (Lipinski definition) is 6. The molecule has 2 aliphatic rings. The van der Waals surface area contributed by atoms with Gasteiger partial charge in [-0.15, -0.1) is 0 Å². The normalized spacial score (nSPS) is 23.4. The van der Waals surface area contributed by atoms with Crippen molar-refractivity contribution in [1.82, 2.24) is 4.98 Å². The van der Waals surface area contributed by atoms with E-state index in [4.69, 9.17) is 16.3 Å². The van der Waals surface area contributed by atoms with E-state index in [9.17, 15) is 9.90 Å². The van der Waals surface area contributed by atoms with Crippen LogP contribution in [0.3, 0.4) is 0 Å². The lowest BCUT2D eigenvalue weighted by Gasteiger charge is -2.28. The molecule has 0 radical (unpaired) electrons. The smallest absolute Gasteiger partial charge is 0.163 e. The quantitative estimate of drug-likeness (QED) is 0.154. The number of carbonyl (C=O) groups is 1. The van der Waals surface area contributed by atoms with E-state index in [0.29, 0.717) is 41.6 Å².